The molecule has 0 bridgehead atoms. The van der Waals surface area contributed by atoms with Gasteiger partial charge in [-0.15, -0.1) is 0 Å². The number of halogens is 2. The summed E-state index contributed by atoms with van der Waals surface area (Å²) in [5.74, 6) is -1.01. The first-order valence-corrected chi connectivity index (χ1v) is 9.44. The van der Waals surface area contributed by atoms with Crippen molar-refractivity contribution in [1.82, 2.24) is 19.5 Å². The lowest BCUT2D eigenvalue weighted by atomic mass is 10.1. The van der Waals surface area contributed by atoms with E-state index in [2.05, 4.69) is 20.4 Å². The lowest BCUT2D eigenvalue weighted by molar-refractivity contribution is 0.102. The molecule has 4 aromatic rings. The highest BCUT2D eigenvalue weighted by Crippen LogP contribution is 2.43. The first kappa shape index (κ1) is 18.4. The minimum absolute atomic E-state index is 0.143. The Labute approximate surface area is 169 Å². The maximum absolute atomic E-state index is 14.5. The summed E-state index contributed by atoms with van der Waals surface area (Å²) in [5, 5.41) is 6.57. The number of imidazole rings is 1. The van der Waals surface area contributed by atoms with Crippen LogP contribution in [0.5, 0.6) is 0 Å². The Kier molecular flexibility index (Phi) is 4.12. The number of hydrogen-bond donors (Lipinski definition) is 1. The molecule has 3 aromatic heterocycles. The molecule has 1 saturated carbocycles. The minimum Gasteiger partial charge on any atom is -0.339 e. The third-order valence-corrected chi connectivity index (χ3v) is 5.21. The summed E-state index contributed by atoms with van der Waals surface area (Å²) in [5.41, 5.74) is 2.80. The largest absolute Gasteiger partial charge is 0.339 e. The molecular formula is C21H17F2N5O2. The van der Waals surface area contributed by atoms with Crippen molar-refractivity contribution in [3.8, 4) is 11.4 Å². The van der Waals surface area contributed by atoms with E-state index < -0.39 is 17.9 Å². The van der Waals surface area contributed by atoms with E-state index in [1.54, 1.807) is 23.6 Å². The van der Waals surface area contributed by atoms with Crippen LogP contribution in [0.4, 0.5) is 14.5 Å². The van der Waals surface area contributed by atoms with Gasteiger partial charge in [0.25, 0.3) is 5.91 Å². The highest BCUT2D eigenvalue weighted by atomic mass is 19.1. The number of nitrogens with one attached hydrogen (secondary N) is 1. The van der Waals surface area contributed by atoms with Gasteiger partial charge >= 0.3 is 0 Å². The van der Waals surface area contributed by atoms with Gasteiger partial charge in [0.1, 0.15) is 23.3 Å². The first-order chi connectivity index (χ1) is 14.4. The molecule has 0 unspecified atom stereocenters. The third kappa shape index (κ3) is 3.12. The van der Waals surface area contributed by atoms with Gasteiger partial charge in [0.15, 0.2) is 0 Å². The number of rotatable bonds is 4. The Morgan fingerprint density at radius 2 is 2.10 bits per heavy atom. The summed E-state index contributed by atoms with van der Waals surface area (Å²) < 4.78 is 34.6. The Hall–Kier alpha value is -3.62. The second kappa shape index (κ2) is 6.72. The van der Waals surface area contributed by atoms with Crippen LogP contribution in [0.1, 0.15) is 39.8 Å². The lowest BCUT2D eigenvalue weighted by Crippen LogP contribution is -2.15. The number of aromatic nitrogens is 4. The number of alkyl halides is 1. The van der Waals surface area contributed by atoms with E-state index in [-0.39, 0.29) is 28.9 Å². The molecule has 152 valence electrons. The molecule has 1 N–H and O–H groups in total. The molecule has 0 aliphatic heterocycles. The first-order valence-electron chi connectivity index (χ1n) is 9.44. The number of benzene rings is 1. The lowest BCUT2D eigenvalue weighted by Gasteiger charge is -2.11. The van der Waals surface area contributed by atoms with Crippen molar-refractivity contribution in [2.24, 2.45) is 0 Å². The normalized spacial score (nSPS) is 18.0. The number of nitrogens with zero attached hydrogens (tertiary/aromatic N) is 4. The number of anilines is 1. The number of hydrogen-bond acceptors (Lipinski definition) is 5. The summed E-state index contributed by atoms with van der Waals surface area (Å²) >= 11 is 0. The SMILES string of the molecule is Cc1ccc2ncc(C(=O)Nc3cc(-c4noc([C@H]5C[C@@H]5F)n4)cc(F)c3C)n2c1. The molecule has 0 radical (unpaired) electrons. The minimum atomic E-state index is -0.975. The molecule has 1 amide bonds. The number of carbonyl (C=O) groups excluding carboxylic acids is 1. The molecule has 5 rings (SSSR count). The number of fused-ring (bicyclic) bond motifs is 1. The van der Waals surface area contributed by atoms with Gasteiger partial charge in [-0.05, 0) is 44.0 Å². The maximum Gasteiger partial charge on any atom is 0.274 e. The van der Waals surface area contributed by atoms with E-state index >= 15 is 0 Å². The van der Waals surface area contributed by atoms with Crippen molar-refractivity contribution in [2.75, 3.05) is 5.32 Å². The fourth-order valence-electron chi connectivity index (χ4n) is 3.30. The standard InChI is InChI=1S/C21H17F2N5O2/c1-10-3-4-18-24-8-17(28(18)9-10)20(29)25-16-6-12(5-14(22)11(16)2)19-26-21(30-27-19)13-7-15(13)23/h3-6,8-9,13,15H,7H2,1-2H3,(H,25,29)/t13-,15-/m0/s1. The molecule has 1 aliphatic carbocycles. The van der Waals surface area contributed by atoms with E-state index in [9.17, 15) is 13.6 Å². The van der Waals surface area contributed by atoms with Gasteiger partial charge in [-0.1, -0.05) is 11.2 Å². The third-order valence-electron chi connectivity index (χ3n) is 5.21. The highest BCUT2D eigenvalue weighted by molar-refractivity contribution is 6.04. The van der Waals surface area contributed by atoms with Gasteiger partial charge in [-0.3, -0.25) is 9.20 Å². The van der Waals surface area contributed by atoms with E-state index in [1.165, 1.54) is 12.3 Å². The molecular weight excluding hydrogens is 392 g/mol. The Morgan fingerprint density at radius 3 is 2.87 bits per heavy atom. The zero-order valence-electron chi connectivity index (χ0n) is 16.2. The fraction of sp³-hybridized carbons (Fsp3) is 0.238. The number of aryl methyl sites for hydroxylation is 1. The van der Waals surface area contributed by atoms with Crippen molar-refractivity contribution < 1.29 is 18.1 Å². The van der Waals surface area contributed by atoms with Gasteiger partial charge in [0, 0.05) is 23.0 Å². The Morgan fingerprint density at radius 1 is 1.30 bits per heavy atom. The number of pyridine rings is 1. The Balaban J connectivity index is 1.47. The summed E-state index contributed by atoms with van der Waals surface area (Å²) in [7, 11) is 0. The van der Waals surface area contributed by atoms with Crippen molar-refractivity contribution in [1.29, 1.82) is 0 Å². The van der Waals surface area contributed by atoms with Crippen molar-refractivity contribution in [2.45, 2.75) is 32.4 Å². The van der Waals surface area contributed by atoms with E-state index in [0.29, 0.717) is 23.3 Å². The monoisotopic (exact) mass is 409 g/mol. The predicted octanol–water partition coefficient (Wildman–Crippen LogP) is 4.22. The summed E-state index contributed by atoms with van der Waals surface area (Å²) in [4.78, 5) is 21.3. The molecule has 1 fully saturated rings. The zero-order valence-corrected chi connectivity index (χ0v) is 16.2. The van der Waals surface area contributed by atoms with Gasteiger partial charge in [0.2, 0.25) is 11.7 Å². The van der Waals surface area contributed by atoms with Crippen LogP contribution in [-0.4, -0.2) is 31.6 Å². The van der Waals surface area contributed by atoms with Crippen molar-refractivity contribution >= 4 is 17.2 Å². The van der Waals surface area contributed by atoms with Crippen LogP contribution in [0.15, 0.2) is 41.2 Å². The predicted molar refractivity (Wildman–Crippen MR) is 105 cm³/mol. The van der Waals surface area contributed by atoms with Crippen LogP contribution in [-0.2, 0) is 0 Å². The summed E-state index contributed by atoms with van der Waals surface area (Å²) in [6.07, 6.45) is 2.65. The van der Waals surface area contributed by atoms with Gasteiger partial charge in [0.05, 0.1) is 12.1 Å². The molecule has 1 aliphatic rings. The van der Waals surface area contributed by atoms with Crippen LogP contribution in [0, 0.1) is 19.7 Å². The van der Waals surface area contributed by atoms with Crippen LogP contribution in [0.3, 0.4) is 0 Å². The van der Waals surface area contributed by atoms with Crippen LogP contribution in [0.25, 0.3) is 17.0 Å². The van der Waals surface area contributed by atoms with Crippen LogP contribution >= 0.6 is 0 Å². The van der Waals surface area contributed by atoms with Gasteiger partial charge < -0.3 is 9.84 Å². The van der Waals surface area contributed by atoms with E-state index in [0.717, 1.165) is 5.56 Å². The van der Waals surface area contributed by atoms with E-state index in [4.69, 9.17) is 4.52 Å². The van der Waals surface area contributed by atoms with Crippen molar-refractivity contribution in [3.63, 3.8) is 0 Å². The molecule has 7 nitrogen and oxygen atoms in total. The zero-order chi connectivity index (χ0) is 21.0. The Bertz CT molecular complexity index is 1300. The molecule has 30 heavy (non-hydrogen) atoms. The molecule has 3 heterocycles. The maximum atomic E-state index is 14.5. The second-order valence-electron chi connectivity index (χ2n) is 7.48. The highest BCUT2D eigenvalue weighted by Gasteiger charge is 2.43. The van der Waals surface area contributed by atoms with E-state index in [1.807, 2.05) is 19.1 Å². The average molecular weight is 409 g/mol. The van der Waals surface area contributed by atoms with Crippen molar-refractivity contribution in [3.05, 3.63) is 65.2 Å². The topological polar surface area (TPSA) is 85.3 Å². The van der Waals surface area contributed by atoms with Crippen LogP contribution in [0.2, 0.25) is 0 Å². The molecule has 1 aromatic carbocycles. The smallest absolute Gasteiger partial charge is 0.274 e. The fourth-order valence-corrected chi connectivity index (χ4v) is 3.30. The molecule has 0 saturated heterocycles. The molecule has 2 atom stereocenters. The number of amides is 1. The van der Waals surface area contributed by atoms with Gasteiger partial charge in [-0.2, -0.15) is 4.98 Å². The number of carbonyl (C=O) groups is 1. The summed E-state index contributed by atoms with van der Waals surface area (Å²) in [6, 6.07) is 6.54. The second-order valence-corrected chi connectivity index (χ2v) is 7.48. The summed E-state index contributed by atoms with van der Waals surface area (Å²) in [6.45, 7) is 3.48. The molecule has 0 spiro atoms. The average Bonchev–Trinajstić information content (AvgIpc) is 3.11. The quantitative estimate of drug-likeness (QED) is 0.546. The molecule has 9 heteroatoms. The van der Waals surface area contributed by atoms with Crippen LogP contribution < -0.4 is 5.32 Å². The van der Waals surface area contributed by atoms with Gasteiger partial charge in [-0.25, -0.2) is 13.8 Å².